The van der Waals surface area contributed by atoms with Gasteiger partial charge in [0, 0.05) is 24.2 Å². The number of nitrogens with zero attached hydrogens (tertiary/aromatic N) is 1. The van der Waals surface area contributed by atoms with E-state index in [4.69, 9.17) is 0 Å². The first-order chi connectivity index (χ1) is 8.56. The highest BCUT2D eigenvalue weighted by molar-refractivity contribution is 5.89. The molecule has 0 fully saturated rings. The molecule has 5 nitrogen and oxygen atoms in total. The molecule has 0 aliphatic rings. The van der Waals surface area contributed by atoms with Crippen LogP contribution in [0.2, 0.25) is 0 Å². The molecule has 18 heavy (non-hydrogen) atoms. The Balaban J connectivity index is 2.37. The standard InChI is InChI=1S/C13H13N3O2/c1-8-12(7-13(18)16-15-8)10-3-5-11(6-4-10)14-9(2)17/h3-7H,1-2H3,(H,14,17)(H,16,18). The lowest BCUT2D eigenvalue weighted by Crippen LogP contribution is -2.08. The van der Waals surface area contributed by atoms with Gasteiger partial charge in [-0.1, -0.05) is 12.1 Å². The predicted octanol–water partition coefficient (Wildman–Crippen LogP) is 1.70. The van der Waals surface area contributed by atoms with Crippen molar-refractivity contribution in [2.45, 2.75) is 13.8 Å². The molecule has 92 valence electrons. The van der Waals surface area contributed by atoms with E-state index in [0.29, 0.717) is 0 Å². The van der Waals surface area contributed by atoms with Crippen LogP contribution in [0.1, 0.15) is 12.6 Å². The summed E-state index contributed by atoms with van der Waals surface area (Å²) in [5, 5.41) is 8.99. The summed E-state index contributed by atoms with van der Waals surface area (Å²) < 4.78 is 0. The van der Waals surface area contributed by atoms with Crippen molar-refractivity contribution in [2.24, 2.45) is 0 Å². The number of anilines is 1. The third-order valence-corrected chi connectivity index (χ3v) is 2.52. The molecule has 0 aliphatic carbocycles. The van der Waals surface area contributed by atoms with Gasteiger partial charge < -0.3 is 5.32 Å². The number of aromatic nitrogens is 2. The largest absolute Gasteiger partial charge is 0.326 e. The maximum Gasteiger partial charge on any atom is 0.264 e. The van der Waals surface area contributed by atoms with E-state index in [1.54, 1.807) is 12.1 Å². The second-order valence-electron chi connectivity index (χ2n) is 3.99. The maximum absolute atomic E-state index is 11.3. The number of amides is 1. The van der Waals surface area contributed by atoms with Crippen molar-refractivity contribution in [2.75, 3.05) is 5.32 Å². The van der Waals surface area contributed by atoms with Crippen LogP contribution in [0, 0.1) is 6.92 Å². The van der Waals surface area contributed by atoms with E-state index >= 15 is 0 Å². The molecule has 0 bridgehead atoms. The van der Waals surface area contributed by atoms with Gasteiger partial charge >= 0.3 is 0 Å². The second-order valence-corrected chi connectivity index (χ2v) is 3.99. The SMILES string of the molecule is CC(=O)Nc1ccc(-c2cc(=O)[nH]nc2C)cc1. The Kier molecular flexibility index (Phi) is 3.23. The molecule has 0 spiro atoms. The number of hydrogen-bond acceptors (Lipinski definition) is 3. The number of carbonyl (C=O) groups is 1. The quantitative estimate of drug-likeness (QED) is 0.843. The summed E-state index contributed by atoms with van der Waals surface area (Å²) in [6.45, 7) is 3.28. The van der Waals surface area contributed by atoms with Crippen molar-refractivity contribution in [1.82, 2.24) is 10.2 Å². The van der Waals surface area contributed by atoms with Crippen LogP contribution >= 0.6 is 0 Å². The molecule has 0 radical (unpaired) electrons. The van der Waals surface area contributed by atoms with E-state index in [2.05, 4.69) is 15.5 Å². The summed E-state index contributed by atoms with van der Waals surface area (Å²) >= 11 is 0. The second kappa shape index (κ2) is 4.83. The highest BCUT2D eigenvalue weighted by atomic mass is 16.1. The Morgan fingerprint density at radius 2 is 1.94 bits per heavy atom. The Hall–Kier alpha value is -2.43. The van der Waals surface area contributed by atoms with Gasteiger partial charge in [0.25, 0.3) is 5.56 Å². The van der Waals surface area contributed by atoms with E-state index in [9.17, 15) is 9.59 Å². The van der Waals surface area contributed by atoms with E-state index < -0.39 is 0 Å². The van der Waals surface area contributed by atoms with Crippen molar-refractivity contribution < 1.29 is 4.79 Å². The molecule has 0 saturated heterocycles. The van der Waals surface area contributed by atoms with Crippen LogP contribution in [0.25, 0.3) is 11.1 Å². The van der Waals surface area contributed by atoms with E-state index in [1.807, 2.05) is 19.1 Å². The lowest BCUT2D eigenvalue weighted by atomic mass is 10.1. The number of aryl methyl sites for hydroxylation is 1. The van der Waals surface area contributed by atoms with E-state index in [0.717, 1.165) is 22.5 Å². The van der Waals surface area contributed by atoms with Crippen LogP contribution in [0.15, 0.2) is 35.1 Å². The fourth-order valence-electron chi connectivity index (χ4n) is 1.70. The number of carbonyl (C=O) groups excluding carboxylic acids is 1. The predicted molar refractivity (Wildman–Crippen MR) is 69.3 cm³/mol. The Bertz CT molecular complexity index is 629. The highest BCUT2D eigenvalue weighted by Gasteiger charge is 2.04. The molecule has 0 saturated carbocycles. The Morgan fingerprint density at radius 3 is 2.56 bits per heavy atom. The molecule has 1 amide bonds. The molecule has 1 aromatic carbocycles. The van der Waals surface area contributed by atoms with Gasteiger partial charge in [0.1, 0.15) is 0 Å². The van der Waals surface area contributed by atoms with Crippen LogP contribution in [0.3, 0.4) is 0 Å². The zero-order chi connectivity index (χ0) is 13.1. The van der Waals surface area contributed by atoms with Gasteiger partial charge in [-0.15, -0.1) is 0 Å². The third kappa shape index (κ3) is 2.63. The number of H-pyrrole nitrogens is 1. The summed E-state index contributed by atoms with van der Waals surface area (Å²) in [6, 6.07) is 8.77. The molecule has 5 heteroatoms. The zero-order valence-corrected chi connectivity index (χ0v) is 10.2. The van der Waals surface area contributed by atoms with Gasteiger partial charge in [-0.3, -0.25) is 9.59 Å². The minimum atomic E-state index is -0.235. The first-order valence-corrected chi connectivity index (χ1v) is 5.50. The van der Waals surface area contributed by atoms with E-state index in [1.165, 1.54) is 13.0 Å². The van der Waals surface area contributed by atoms with Crippen LogP contribution in [0.5, 0.6) is 0 Å². The highest BCUT2D eigenvalue weighted by Crippen LogP contribution is 2.21. The number of rotatable bonds is 2. The summed E-state index contributed by atoms with van der Waals surface area (Å²) in [7, 11) is 0. The first-order valence-electron chi connectivity index (χ1n) is 5.50. The Labute approximate surface area is 104 Å². The van der Waals surface area contributed by atoms with Gasteiger partial charge in [0.2, 0.25) is 5.91 Å². The van der Waals surface area contributed by atoms with E-state index in [-0.39, 0.29) is 11.5 Å². The molecule has 0 unspecified atom stereocenters. The number of benzene rings is 1. The average Bonchev–Trinajstić information content (AvgIpc) is 2.33. The average molecular weight is 243 g/mol. The van der Waals surface area contributed by atoms with Crippen molar-refractivity contribution in [3.63, 3.8) is 0 Å². The summed E-state index contributed by atoms with van der Waals surface area (Å²) in [6.07, 6.45) is 0. The lowest BCUT2D eigenvalue weighted by molar-refractivity contribution is -0.114. The summed E-state index contributed by atoms with van der Waals surface area (Å²) in [4.78, 5) is 22.2. The molecular weight excluding hydrogens is 230 g/mol. The lowest BCUT2D eigenvalue weighted by Gasteiger charge is -2.06. The van der Waals surface area contributed by atoms with Crippen LogP contribution in [-0.4, -0.2) is 16.1 Å². The molecule has 0 atom stereocenters. The molecular formula is C13H13N3O2. The zero-order valence-electron chi connectivity index (χ0n) is 10.2. The Morgan fingerprint density at radius 1 is 1.28 bits per heavy atom. The first kappa shape index (κ1) is 12.0. The molecule has 2 rings (SSSR count). The van der Waals surface area contributed by atoms with Gasteiger partial charge in [-0.2, -0.15) is 5.10 Å². The summed E-state index contributed by atoms with van der Waals surface area (Å²) in [5.74, 6) is -0.114. The molecule has 0 aliphatic heterocycles. The van der Waals surface area contributed by atoms with Crippen molar-refractivity contribution in [3.8, 4) is 11.1 Å². The van der Waals surface area contributed by atoms with Crippen molar-refractivity contribution >= 4 is 11.6 Å². The number of nitrogens with one attached hydrogen (secondary N) is 2. The maximum atomic E-state index is 11.3. The minimum absolute atomic E-state index is 0.114. The molecule has 1 heterocycles. The van der Waals surface area contributed by atoms with Gasteiger partial charge in [0.05, 0.1) is 5.69 Å². The summed E-state index contributed by atoms with van der Waals surface area (Å²) in [5.41, 5.74) is 2.92. The molecule has 1 aromatic heterocycles. The van der Waals surface area contributed by atoms with Crippen molar-refractivity contribution in [3.05, 3.63) is 46.4 Å². The smallest absolute Gasteiger partial charge is 0.264 e. The minimum Gasteiger partial charge on any atom is -0.326 e. The fraction of sp³-hybridized carbons (Fsp3) is 0.154. The van der Waals surface area contributed by atoms with Gasteiger partial charge in [-0.05, 0) is 24.6 Å². The number of hydrogen-bond donors (Lipinski definition) is 2. The van der Waals surface area contributed by atoms with Crippen LogP contribution in [-0.2, 0) is 4.79 Å². The third-order valence-electron chi connectivity index (χ3n) is 2.52. The molecule has 2 aromatic rings. The number of aromatic amines is 1. The monoisotopic (exact) mass is 243 g/mol. The molecule has 2 N–H and O–H groups in total. The van der Waals surface area contributed by atoms with Gasteiger partial charge in [-0.25, -0.2) is 5.10 Å². The van der Waals surface area contributed by atoms with Gasteiger partial charge in [0.15, 0.2) is 0 Å². The topological polar surface area (TPSA) is 74.8 Å². The normalized spacial score (nSPS) is 10.1. The van der Waals surface area contributed by atoms with Crippen LogP contribution in [0.4, 0.5) is 5.69 Å². The fourth-order valence-corrected chi connectivity index (χ4v) is 1.70. The van der Waals surface area contributed by atoms with Crippen LogP contribution < -0.4 is 10.9 Å². The van der Waals surface area contributed by atoms with Crippen molar-refractivity contribution in [1.29, 1.82) is 0 Å².